The van der Waals surface area contributed by atoms with Gasteiger partial charge < -0.3 is 14.5 Å². The number of hydrogen-bond acceptors (Lipinski definition) is 7. The molecule has 3 aromatic rings. The first-order chi connectivity index (χ1) is 11.0. The molecule has 0 unspecified atom stereocenters. The number of carbonyl (C=O) groups excluding carboxylic acids is 1. The number of aliphatic hydroxyl groups excluding tert-OH is 1. The largest absolute Gasteiger partial charge is 0.466 e. The Hall–Kier alpha value is -3.33. The van der Waals surface area contributed by atoms with E-state index in [1.165, 1.54) is 30.5 Å². The average molecular weight is 315 g/mol. The Balaban J connectivity index is 2.09. The molecular formula is C14H9N3O6. The first-order valence-corrected chi connectivity index (χ1v) is 6.41. The van der Waals surface area contributed by atoms with Gasteiger partial charge in [-0.05, 0) is 18.2 Å². The van der Waals surface area contributed by atoms with Crippen molar-refractivity contribution in [2.24, 2.45) is 0 Å². The molecule has 0 amide bonds. The monoisotopic (exact) mass is 315 g/mol. The molecule has 2 aromatic heterocycles. The Bertz CT molecular complexity index is 960. The summed E-state index contributed by atoms with van der Waals surface area (Å²) >= 11 is 0. The van der Waals surface area contributed by atoms with Crippen molar-refractivity contribution in [2.45, 2.75) is 6.10 Å². The maximum Gasteiger partial charge on any atom is 0.278 e. The summed E-state index contributed by atoms with van der Waals surface area (Å²) in [4.78, 5) is 40.6. The maximum atomic E-state index is 12.2. The lowest BCUT2D eigenvalue weighted by Crippen LogP contribution is -2.24. The molecule has 1 atom stereocenters. The smallest absolute Gasteiger partial charge is 0.278 e. The normalized spacial score (nSPS) is 12.2. The van der Waals surface area contributed by atoms with E-state index in [2.05, 4.69) is 9.97 Å². The minimum Gasteiger partial charge on any atom is -0.466 e. The Kier molecular flexibility index (Phi) is 3.47. The first-order valence-electron chi connectivity index (χ1n) is 6.41. The lowest BCUT2D eigenvalue weighted by atomic mass is 10.1. The van der Waals surface area contributed by atoms with Gasteiger partial charge >= 0.3 is 0 Å². The Morgan fingerprint density at radius 2 is 2.17 bits per heavy atom. The molecule has 0 aliphatic carbocycles. The molecule has 0 spiro atoms. The third-order valence-corrected chi connectivity index (χ3v) is 3.18. The van der Waals surface area contributed by atoms with Crippen molar-refractivity contribution in [2.75, 3.05) is 0 Å². The number of aromatic nitrogens is 2. The lowest BCUT2D eigenvalue weighted by molar-refractivity contribution is -0.384. The van der Waals surface area contributed by atoms with E-state index in [4.69, 9.17) is 4.42 Å². The fourth-order valence-corrected chi connectivity index (χ4v) is 2.06. The minimum atomic E-state index is -1.69. The summed E-state index contributed by atoms with van der Waals surface area (Å²) in [6, 6.07) is 6.51. The summed E-state index contributed by atoms with van der Waals surface area (Å²) in [5, 5.41) is 20.7. The predicted octanol–water partition coefficient (Wildman–Crippen LogP) is 1.34. The van der Waals surface area contributed by atoms with Gasteiger partial charge in [0.15, 0.2) is 11.8 Å². The number of fused-ring (bicyclic) bond motifs is 1. The molecule has 3 rings (SSSR count). The second-order valence-corrected chi connectivity index (χ2v) is 4.66. The number of furan rings is 1. The van der Waals surface area contributed by atoms with Crippen molar-refractivity contribution >= 4 is 22.5 Å². The highest BCUT2D eigenvalue weighted by Gasteiger charge is 2.26. The minimum absolute atomic E-state index is 0.0321. The molecule has 9 heteroatoms. The number of carbonyl (C=O) groups is 1. The summed E-state index contributed by atoms with van der Waals surface area (Å²) in [6.45, 7) is 0. The number of nitrogens with zero attached hydrogens (tertiary/aromatic N) is 2. The number of non-ortho nitro benzene ring substituents is 1. The standard InChI is InChI=1S/C14H9N3O6/c18-12(10-2-1-5-23-10)13(19)11-14(20)16-8-4-3-7(17(21)22)6-9(8)15-11/h1-6,12,18H,(H,16,20)/t12-/m0/s1. The van der Waals surface area contributed by atoms with E-state index in [9.17, 15) is 24.8 Å². The third kappa shape index (κ3) is 2.60. The number of aromatic amines is 1. The topological polar surface area (TPSA) is 139 Å². The van der Waals surface area contributed by atoms with Crippen LogP contribution in [0.25, 0.3) is 11.0 Å². The molecule has 0 aliphatic rings. The summed E-state index contributed by atoms with van der Waals surface area (Å²) in [5.41, 5.74) is -1.29. The van der Waals surface area contributed by atoms with Crippen LogP contribution in [-0.4, -0.2) is 25.8 Å². The van der Waals surface area contributed by atoms with E-state index < -0.39 is 28.1 Å². The highest BCUT2D eigenvalue weighted by Crippen LogP contribution is 2.19. The van der Waals surface area contributed by atoms with E-state index in [0.29, 0.717) is 0 Å². The quantitative estimate of drug-likeness (QED) is 0.420. The third-order valence-electron chi connectivity index (χ3n) is 3.18. The van der Waals surface area contributed by atoms with Gasteiger partial charge in [0.05, 0.1) is 22.2 Å². The summed E-state index contributed by atoms with van der Waals surface area (Å²) < 4.78 is 4.92. The fourth-order valence-electron chi connectivity index (χ4n) is 2.06. The SMILES string of the molecule is O=C(c1nc2cc([N+](=O)[O-])ccc2[nH]c1=O)[C@@H](O)c1ccco1. The number of H-pyrrole nitrogens is 1. The molecule has 116 valence electrons. The Morgan fingerprint density at radius 1 is 1.39 bits per heavy atom. The zero-order valence-electron chi connectivity index (χ0n) is 11.4. The van der Waals surface area contributed by atoms with Crippen molar-refractivity contribution in [3.8, 4) is 0 Å². The van der Waals surface area contributed by atoms with Gasteiger partial charge in [-0.3, -0.25) is 19.7 Å². The summed E-state index contributed by atoms with van der Waals surface area (Å²) in [5.74, 6) is -0.995. The van der Waals surface area contributed by atoms with Crippen molar-refractivity contribution in [1.82, 2.24) is 9.97 Å². The molecule has 9 nitrogen and oxygen atoms in total. The number of nitro benzene ring substituents is 1. The van der Waals surface area contributed by atoms with Crippen LogP contribution in [0.3, 0.4) is 0 Å². The van der Waals surface area contributed by atoms with Crippen molar-refractivity contribution in [3.63, 3.8) is 0 Å². The van der Waals surface area contributed by atoms with Crippen molar-refractivity contribution in [1.29, 1.82) is 0 Å². The van der Waals surface area contributed by atoms with Crippen LogP contribution in [0.4, 0.5) is 5.69 Å². The van der Waals surface area contributed by atoms with Crippen LogP contribution in [0.1, 0.15) is 22.4 Å². The van der Waals surface area contributed by atoms with E-state index >= 15 is 0 Å². The molecule has 0 radical (unpaired) electrons. The highest BCUT2D eigenvalue weighted by atomic mass is 16.6. The van der Waals surface area contributed by atoms with Gasteiger partial charge in [0, 0.05) is 12.1 Å². The number of benzene rings is 1. The zero-order valence-corrected chi connectivity index (χ0v) is 11.4. The molecule has 0 saturated heterocycles. The molecule has 2 heterocycles. The van der Waals surface area contributed by atoms with E-state index in [1.54, 1.807) is 0 Å². The molecule has 23 heavy (non-hydrogen) atoms. The molecule has 2 N–H and O–H groups in total. The molecule has 0 fully saturated rings. The number of nitrogens with one attached hydrogen (secondary N) is 1. The van der Waals surface area contributed by atoms with Gasteiger partial charge in [-0.15, -0.1) is 0 Å². The number of Topliss-reactive ketones (excluding diaryl/α,β-unsaturated/α-hetero) is 1. The highest BCUT2D eigenvalue weighted by molar-refractivity contribution is 5.98. The average Bonchev–Trinajstić information content (AvgIpc) is 3.06. The van der Waals surface area contributed by atoms with Crippen molar-refractivity contribution in [3.05, 3.63) is 68.5 Å². The summed E-state index contributed by atoms with van der Waals surface area (Å²) in [7, 11) is 0. The zero-order chi connectivity index (χ0) is 16.6. The van der Waals surface area contributed by atoms with E-state index in [-0.39, 0.29) is 22.5 Å². The van der Waals surface area contributed by atoms with Crippen LogP contribution >= 0.6 is 0 Å². The molecular weight excluding hydrogens is 306 g/mol. The molecule has 0 bridgehead atoms. The lowest BCUT2D eigenvalue weighted by Gasteiger charge is -2.06. The van der Waals surface area contributed by atoms with Crippen LogP contribution in [0.2, 0.25) is 0 Å². The van der Waals surface area contributed by atoms with Crippen LogP contribution in [0.15, 0.2) is 45.8 Å². The fraction of sp³-hybridized carbons (Fsp3) is 0.0714. The van der Waals surface area contributed by atoms with Crippen molar-refractivity contribution < 1.29 is 19.2 Å². The van der Waals surface area contributed by atoms with Gasteiger partial charge in [0.2, 0.25) is 5.78 Å². The summed E-state index contributed by atoms with van der Waals surface area (Å²) in [6.07, 6.45) is -0.414. The second-order valence-electron chi connectivity index (χ2n) is 4.66. The second kappa shape index (κ2) is 5.46. The van der Waals surface area contributed by atoms with Gasteiger partial charge in [-0.1, -0.05) is 0 Å². The van der Waals surface area contributed by atoms with Gasteiger partial charge in [0.1, 0.15) is 5.76 Å². The molecule has 0 aliphatic heterocycles. The molecule has 1 aromatic carbocycles. The molecule has 0 saturated carbocycles. The number of rotatable bonds is 4. The van der Waals surface area contributed by atoms with Crippen LogP contribution in [-0.2, 0) is 0 Å². The maximum absolute atomic E-state index is 12.2. The van der Waals surface area contributed by atoms with Crippen LogP contribution < -0.4 is 5.56 Å². The van der Waals surface area contributed by atoms with Crippen LogP contribution in [0, 0.1) is 10.1 Å². The number of ketones is 1. The Morgan fingerprint density at radius 3 is 2.83 bits per heavy atom. The first kappa shape index (κ1) is 14.6. The van der Waals surface area contributed by atoms with Crippen LogP contribution in [0.5, 0.6) is 0 Å². The van der Waals surface area contributed by atoms with E-state index in [1.807, 2.05) is 0 Å². The number of hydrogen-bond donors (Lipinski definition) is 2. The number of nitro groups is 1. The van der Waals surface area contributed by atoms with Gasteiger partial charge in [-0.25, -0.2) is 4.98 Å². The van der Waals surface area contributed by atoms with E-state index in [0.717, 1.165) is 6.07 Å². The van der Waals surface area contributed by atoms with Gasteiger partial charge in [-0.2, -0.15) is 0 Å². The van der Waals surface area contributed by atoms with Gasteiger partial charge in [0.25, 0.3) is 11.2 Å². The number of aliphatic hydroxyl groups is 1. The Labute approximate surface area is 127 Å². The predicted molar refractivity (Wildman–Crippen MR) is 77.0 cm³/mol.